The normalized spacial score (nSPS) is 10.9. The molecule has 1 heterocycles. The summed E-state index contributed by atoms with van der Waals surface area (Å²) >= 11 is 6.07. The second kappa shape index (κ2) is 7.98. The van der Waals surface area contributed by atoms with Crippen LogP contribution in [0.5, 0.6) is 0 Å². The number of aromatic nitrogens is 1. The summed E-state index contributed by atoms with van der Waals surface area (Å²) in [7, 11) is -4.08. The third-order valence-corrected chi connectivity index (χ3v) is 4.67. The maximum atomic E-state index is 12.4. The van der Waals surface area contributed by atoms with Crippen LogP contribution < -0.4 is 15.4 Å². The van der Waals surface area contributed by atoms with Crippen molar-refractivity contribution in [1.82, 2.24) is 15.0 Å². The minimum absolute atomic E-state index is 0.156. The van der Waals surface area contributed by atoms with Crippen LogP contribution in [0.2, 0.25) is 5.02 Å². The Morgan fingerprint density at radius 3 is 2.67 bits per heavy atom. The Morgan fingerprint density at radius 1 is 1.21 bits per heavy atom. The maximum Gasteiger partial charge on any atom is 0.328 e. The highest BCUT2D eigenvalue weighted by atomic mass is 35.5. The number of rotatable bonds is 6. The van der Waals surface area contributed by atoms with E-state index in [1.54, 1.807) is 24.3 Å². The SMILES string of the molecule is CCCNC(=O)NS(=O)(=O)c1cnccc1Nc1ccccc1Cl. The highest BCUT2D eigenvalue weighted by Crippen LogP contribution is 2.28. The van der Waals surface area contributed by atoms with Crippen molar-refractivity contribution in [3.8, 4) is 0 Å². The summed E-state index contributed by atoms with van der Waals surface area (Å²) in [5.74, 6) is 0. The molecule has 1 aromatic heterocycles. The molecule has 128 valence electrons. The van der Waals surface area contributed by atoms with Crippen LogP contribution in [-0.2, 0) is 10.0 Å². The van der Waals surface area contributed by atoms with Gasteiger partial charge in [-0.2, -0.15) is 0 Å². The van der Waals surface area contributed by atoms with Gasteiger partial charge in [0.05, 0.1) is 16.4 Å². The molecule has 0 unspecified atom stereocenters. The van der Waals surface area contributed by atoms with Gasteiger partial charge >= 0.3 is 6.03 Å². The minimum Gasteiger partial charge on any atom is -0.353 e. The Morgan fingerprint density at radius 2 is 1.96 bits per heavy atom. The van der Waals surface area contributed by atoms with Gasteiger partial charge in [-0.15, -0.1) is 0 Å². The number of hydrogen-bond acceptors (Lipinski definition) is 5. The monoisotopic (exact) mass is 368 g/mol. The van der Waals surface area contributed by atoms with Crippen LogP contribution in [-0.4, -0.2) is 26.0 Å². The molecule has 2 aromatic rings. The number of nitrogens with one attached hydrogen (secondary N) is 3. The average molecular weight is 369 g/mol. The summed E-state index contributed by atoms with van der Waals surface area (Å²) in [4.78, 5) is 15.3. The number of benzene rings is 1. The van der Waals surface area contributed by atoms with Gasteiger partial charge in [-0.1, -0.05) is 30.7 Å². The molecule has 0 aliphatic heterocycles. The highest BCUT2D eigenvalue weighted by molar-refractivity contribution is 7.90. The fourth-order valence-corrected chi connectivity index (χ4v) is 3.07. The summed E-state index contributed by atoms with van der Waals surface area (Å²) in [6.07, 6.45) is 3.30. The molecule has 7 nitrogen and oxygen atoms in total. The number of halogens is 1. The summed E-state index contributed by atoms with van der Waals surface area (Å²) in [5.41, 5.74) is 0.797. The van der Waals surface area contributed by atoms with Gasteiger partial charge < -0.3 is 10.6 Å². The molecule has 0 spiro atoms. The van der Waals surface area contributed by atoms with Crippen LogP contribution in [0.1, 0.15) is 13.3 Å². The van der Waals surface area contributed by atoms with Crippen molar-refractivity contribution in [2.45, 2.75) is 18.2 Å². The fraction of sp³-hybridized carbons (Fsp3) is 0.200. The van der Waals surface area contributed by atoms with E-state index in [0.29, 0.717) is 23.7 Å². The molecule has 0 saturated heterocycles. The predicted molar refractivity (Wildman–Crippen MR) is 93.0 cm³/mol. The van der Waals surface area contributed by atoms with Crippen molar-refractivity contribution in [3.05, 3.63) is 47.7 Å². The molecule has 0 radical (unpaired) electrons. The summed E-state index contributed by atoms with van der Waals surface area (Å²) < 4.78 is 26.8. The first-order chi connectivity index (χ1) is 11.4. The van der Waals surface area contributed by atoms with E-state index in [0.717, 1.165) is 6.20 Å². The Kier molecular flexibility index (Phi) is 5.99. The van der Waals surface area contributed by atoms with Crippen molar-refractivity contribution in [1.29, 1.82) is 0 Å². The Balaban J connectivity index is 2.28. The first-order valence-corrected chi connectivity index (χ1v) is 9.06. The van der Waals surface area contributed by atoms with Gasteiger partial charge in [0.2, 0.25) is 0 Å². The van der Waals surface area contributed by atoms with Gasteiger partial charge in [0.1, 0.15) is 4.90 Å². The van der Waals surface area contributed by atoms with Crippen LogP contribution in [0.3, 0.4) is 0 Å². The second-order valence-corrected chi connectivity index (χ2v) is 6.90. The van der Waals surface area contributed by atoms with Crippen LogP contribution in [0, 0.1) is 0 Å². The number of pyridine rings is 1. The maximum absolute atomic E-state index is 12.4. The number of nitrogens with zero attached hydrogens (tertiary/aromatic N) is 1. The standard InChI is InChI=1S/C15H17ClN4O3S/c1-2-8-18-15(21)20-24(22,23)14-10-17-9-7-13(14)19-12-6-4-3-5-11(12)16/h3-7,9-10H,2,8H2,1H3,(H,17,19)(H2,18,20,21). The molecule has 0 aliphatic carbocycles. The predicted octanol–water partition coefficient (Wildman–Crippen LogP) is 2.88. The van der Waals surface area contributed by atoms with Crippen LogP contribution in [0.15, 0.2) is 47.6 Å². The van der Waals surface area contributed by atoms with E-state index in [4.69, 9.17) is 11.6 Å². The summed E-state index contributed by atoms with van der Waals surface area (Å²) in [6.45, 7) is 2.24. The van der Waals surface area contributed by atoms with Crippen molar-refractivity contribution >= 4 is 39.0 Å². The number of sulfonamides is 1. The quantitative estimate of drug-likeness (QED) is 0.727. The molecular formula is C15H17ClN4O3S. The molecule has 9 heteroatoms. The number of carbonyl (C=O) groups excluding carboxylic acids is 1. The van der Waals surface area contributed by atoms with E-state index in [2.05, 4.69) is 15.6 Å². The molecule has 0 fully saturated rings. The van der Waals surface area contributed by atoms with E-state index in [1.165, 1.54) is 12.3 Å². The lowest BCUT2D eigenvalue weighted by molar-refractivity contribution is 0.246. The number of anilines is 2. The average Bonchev–Trinajstić information content (AvgIpc) is 2.55. The molecule has 2 rings (SSSR count). The molecule has 0 atom stereocenters. The van der Waals surface area contributed by atoms with E-state index >= 15 is 0 Å². The lowest BCUT2D eigenvalue weighted by Gasteiger charge is -2.13. The topological polar surface area (TPSA) is 100 Å². The summed E-state index contributed by atoms with van der Waals surface area (Å²) in [5, 5.41) is 5.82. The van der Waals surface area contributed by atoms with Gasteiger partial charge in [0.25, 0.3) is 10.0 Å². The lowest BCUT2D eigenvalue weighted by atomic mass is 10.3. The first kappa shape index (κ1) is 18.0. The molecule has 1 aromatic carbocycles. The zero-order valence-electron chi connectivity index (χ0n) is 12.9. The van der Waals surface area contributed by atoms with Gasteiger partial charge in [0.15, 0.2) is 0 Å². The smallest absolute Gasteiger partial charge is 0.328 e. The Hall–Kier alpha value is -2.32. The third kappa shape index (κ3) is 4.59. The molecule has 2 amide bonds. The second-order valence-electron chi connectivity index (χ2n) is 4.84. The Bertz CT molecular complexity index is 827. The van der Waals surface area contributed by atoms with Crippen LogP contribution in [0.4, 0.5) is 16.2 Å². The zero-order chi connectivity index (χ0) is 17.6. The molecule has 24 heavy (non-hydrogen) atoms. The van der Waals surface area contributed by atoms with Crippen molar-refractivity contribution in [2.75, 3.05) is 11.9 Å². The molecule has 0 bridgehead atoms. The largest absolute Gasteiger partial charge is 0.353 e. The number of carbonyl (C=O) groups is 1. The number of hydrogen-bond donors (Lipinski definition) is 3. The summed E-state index contributed by atoms with van der Waals surface area (Å²) in [6, 6.07) is 7.61. The first-order valence-electron chi connectivity index (χ1n) is 7.20. The van der Waals surface area contributed by atoms with Crippen LogP contribution in [0.25, 0.3) is 0 Å². The van der Waals surface area contributed by atoms with E-state index in [-0.39, 0.29) is 10.6 Å². The van der Waals surface area contributed by atoms with E-state index < -0.39 is 16.1 Å². The number of urea groups is 1. The van der Waals surface area contributed by atoms with Crippen molar-refractivity contribution in [3.63, 3.8) is 0 Å². The number of amides is 2. The molecule has 0 saturated carbocycles. The van der Waals surface area contributed by atoms with Gasteiger partial charge in [-0.05, 0) is 24.6 Å². The van der Waals surface area contributed by atoms with Gasteiger partial charge in [-0.3, -0.25) is 4.98 Å². The van der Waals surface area contributed by atoms with E-state index in [9.17, 15) is 13.2 Å². The lowest BCUT2D eigenvalue weighted by Crippen LogP contribution is -2.39. The number of para-hydroxylation sites is 1. The highest BCUT2D eigenvalue weighted by Gasteiger charge is 2.21. The van der Waals surface area contributed by atoms with E-state index in [1.807, 2.05) is 11.6 Å². The minimum atomic E-state index is -4.08. The third-order valence-electron chi connectivity index (χ3n) is 2.98. The molecule has 0 aliphatic rings. The fourth-order valence-electron chi connectivity index (χ4n) is 1.86. The molecule has 3 N–H and O–H groups in total. The van der Waals surface area contributed by atoms with Crippen molar-refractivity contribution < 1.29 is 13.2 Å². The van der Waals surface area contributed by atoms with Gasteiger partial charge in [0, 0.05) is 18.9 Å². The Labute approximate surface area is 145 Å². The van der Waals surface area contributed by atoms with Crippen molar-refractivity contribution in [2.24, 2.45) is 0 Å². The van der Waals surface area contributed by atoms with Gasteiger partial charge in [-0.25, -0.2) is 17.9 Å². The zero-order valence-corrected chi connectivity index (χ0v) is 14.5. The van der Waals surface area contributed by atoms with Crippen LogP contribution >= 0.6 is 11.6 Å². The molecular weight excluding hydrogens is 352 g/mol.